The van der Waals surface area contributed by atoms with Gasteiger partial charge in [0.05, 0.1) is 11.3 Å². The second-order valence-corrected chi connectivity index (χ2v) is 4.92. The highest BCUT2D eigenvalue weighted by Crippen LogP contribution is 2.20. The van der Waals surface area contributed by atoms with Crippen molar-refractivity contribution >= 4 is 23.6 Å². The molecule has 0 spiro atoms. The van der Waals surface area contributed by atoms with Gasteiger partial charge in [0.25, 0.3) is 5.91 Å². The first-order valence-electron chi connectivity index (χ1n) is 5.94. The van der Waals surface area contributed by atoms with Crippen molar-refractivity contribution in [1.29, 1.82) is 0 Å². The summed E-state index contributed by atoms with van der Waals surface area (Å²) in [6.45, 7) is 6.93. The van der Waals surface area contributed by atoms with Crippen LogP contribution in [0, 0.1) is 13.8 Å². The number of carbonyl (C=O) groups is 2. The number of aromatic nitrogens is 2. The van der Waals surface area contributed by atoms with Gasteiger partial charge >= 0.3 is 5.97 Å². The van der Waals surface area contributed by atoms with E-state index in [1.165, 1.54) is 17.8 Å². The van der Waals surface area contributed by atoms with Crippen LogP contribution in [0.2, 0.25) is 0 Å². The van der Waals surface area contributed by atoms with Crippen molar-refractivity contribution in [3.63, 3.8) is 0 Å². The van der Waals surface area contributed by atoms with Gasteiger partial charge in [-0.1, -0.05) is 6.08 Å². The average molecular weight is 295 g/mol. The molecule has 1 aromatic rings. The van der Waals surface area contributed by atoms with Crippen LogP contribution in [-0.4, -0.2) is 39.2 Å². The van der Waals surface area contributed by atoms with Crippen LogP contribution in [0.25, 0.3) is 0 Å². The molecular formula is C13H17N3O3S. The summed E-state index contributed by atoms with van der Waals surface area (Å²) < 4.78 is 0. The Morgan fingerprint density at radius 1 is 1.45 bits per heavy atom. The number of nitrogens with zero attached hydrogens (tertiary/aromatic N) is 2. The Kier molecular flexibility index (Phi) is 5.69. The van der Waals surface area contributed by atoms with Crippen LogP contribution in [-0.2, 0) is 4.79 Å². The highest BCUT2D eigenvalue weighted by Gasteiger charge is 2.23. The predicted molar refractivity (Wildman–Crippen MR) is 77.0 cm³/mol. The van der Waals surface area contributed by atoms with E-state index in [4.69, 9.17) is 5.11 Å². The van der Waals surface area contributed by atoms with E-state index in [1.807, 2.05) is 0 Å². The number of carbonyl (C=O) groups excluding carboxylic acids is 1. The molecule has 6 nitrogen and oxygen atoms in total. The molecular weight excluding hydrogens is 278 g/mol. The molecule has 1 heterocycles. The molecule has 0 radical (unpaired) electrons. The van der Waals surface area contributed by atoms with Crippen molar-refractivity contribution in [2.75, 3.05) is 6.26 Å². The number of carboxylic acids is 1. The van der Waals surface area contributed by atoms with Crippen LogP contribution in [0.3, 0.4) is 0 Å². The smallest absolute Gasteiger partial charge is 0.326 e. The minimum Gasteiger partial charge on any atom is -0.480 e. The zero-order chi connectivity index (χ0) is 15.3. The molecule has 0 fully saturated rings. The molecule has 20 heavy (non-hydrogen) atoms. The van der Waals surface area contributed by atoms with Crippen molar-refractivity contribution in [3.8, 4) is 0 Å². The van der Waals surface area contributed by atoms with E-state index in [0.717, 1.165) is 0 Å². The van der Waals surface area contributed by atoms with Gasteiger partial charge in [0, 0.05) is 0 Å². The molecule has 108 valence electrons. The van der Waals surface area contributed by atoms with Crippen LogP contribution >= 0.6 is 11.8 Å². The summed E-state index contributed by atoms with van der Waals surface area (Å²) in [6, 6.07) is -1.00. The predicted octanol–water partition coefficient (Wildman–Crippen LogP) is 1.57. The molecule has 0 aliphatic carbocycles. The van der Waals surface area contributed by atoms with Gasteiger partial charge in [-0.25, -0.2) is 14.8 Å². The maximum atomic E-state index is 12.2. The van der Waals surface area contributed by atoms with Gasteiger partial charge in [0.1, 0.15) is 16.9 Å². The van der Waals surface area contributed by atoms with E-state index >= 15 is 0 Å². The molecule has 1 unspecified atom stereocenters. The second-order valence-electron chi connectivity index (χ2n) is 4.13. The van der Waals surface area contributed by atoms with Gasteiger partial charge in [-0.05, 0) is 26.5 Å². The van der Waals surface area contributed by atoms with Gasteiger partial charge in [-0.3, -0.25) is 4.79 Å². The lowest BCUT2D eigenvalue weighted by molar-refractivity contribution is -0.139. The van der Waals surface area contributed by atoms with Gasteiger partial charge in [-0.2, -0.15) is 0 Å². The van der Waals surface area contributed by atoms with Crippen molar-refractivity contribution in [2.24, 2.45) is 0 Å². The second kappa shape index (κ2) is 7.04. The van der Waals surface area contributed by atoms with Gasteiger partial charge in [0.15, 0.2) is 0 Å². The average Bonchev–Trinajstić information content (AvgIpc) is 2.36. The summed E-state index contributed by atoms with van der Waals surface area (Å²) in [5, 5.41) is 12.0. The molecule has 1 rings (SSSR count). The Labute approximate surface area is 121 Å². The maximum Gasteiger partial charge on any atom is 0.326 e. The van der Waals surface area contributed by atoms with E-state index in [1.54, 1.807) is 20.1 Å². The zero-order valence-electron chi connectivity index (χ0n) is 11.6. The monoisotopic (exact) mass is 295 g/mol. The van der Waals surface area contributed by atoms with Gasteiger partial charge in [0.2, 0.25) is 0 Å². The number of hydrogen-bond donors (Lipinski definition) is 2. The molecule has 2 N–H and O–H groups in total. The summed E-state index contributed by atoms with van der Waals surface area (Å²) in [6.07, 6.45) is 3.41. The topological polar surface area (TPSA) is 92.2 Å². The fourth-order valence-corrected chi connectivity index (χ4v) is 2.38. The molecule has 0 aromatic carbocycles. The van der Waals surface area contributed by atoms with E-state index < -0.39 is 17.9 Å². The van der Waals surface area contributed by atoms with E-state index in [0.29, 0.717) is 22.1 Å². The van der Waals surface area contributed by atoms with Crippen LogP contribution in [0.4, 0.5) is 0 Å². The van der Waals surface area contributed by atoms with Crippen LogP contribution in [0.1, 0.15) is 28.3 Å². The highest BCUT2D eigenvalue weighted by molar-refractivity contribution is 7.98. The summed E-state index contributed by atoms with van der Waals surface area (Å²) in [4.78, 5) is 31.6. The molecule has 7 heteroatoms. The molecule has 0 saturated carbocycles. The van der Waals surface area contributed by atoms with Crippen LogP contribution < -0.4 is 5.32 Å². The summed E-state index contributed by atoms with van der Waals surface area (Å²) in [5.41, 5.74) is 0.848. The first kappa shape index (κ1) is 16.2. The number of nitrogens with one attached hydrogen (secondary N) is 1. The summed E-state index contributed by atoms with van der Waals surface area (Å²) in [5.74, 6) is -1.01. The Morgan fingerprint density at radius 2 is 2.10 bits per heavy atom. The summed E-state index contributed by atoms with van der Waals surface area (Å²) in [7, 11) is 0. The third kappa shape index (κ3) is 3.80. The van der Waals surface area contributed by atoms with Crippen LogP contribution in [0.5, 0.6) is 0 Å². The minimum atomic E-state index is -1.10. The number of rotatable bonds is 6. The molecule has 1 aromatic heterocycles. The van der Waals surface area contributed by atoms with Crippen molar-refractivity contribution in [3.05, 3.63) is 29.7 Å². The molecule has 0 aliphatic heterocycles. The minimum absolute atomic E-state index is 0.154. The van der Waals surface area contributed by atoms with Crippen molar-refractivity contribution in [1.82, 2.24) is 15.3 Å². The number of aryl methyl sites for hydroxylation is 2. The Hall–Kier alpha value is -1.89. The fourth-order valence-electron chi connectivity index (χ4n) is 1.71. The fraction of sp³-hybridized carbons (Fsp3) is 0.385. The largest absolute Gasteiger partial charge is 0.480 e. The van der Waals surface area contributed by atoms with E-state index in [2.05, 4.69) is 21.9 Å². The zero-order valence-corrected chi connectivity index (χ0v) is 12.5. The van der Waals surface area contributed by atoms with Crippen LogP contribution in [0.15, 0.2) is 17.7 Å². The number of amides is 1. The Morgan fingerprint density at radius 3 is 2.60 bits per heavy atom. The van der Waals surface area contributed by atoms with E-state index in [-0.39, 0.29) is 6.42 Å². The molecule has 1 amide bonds. The van der Waals surface area contributed by atoms with E-state index in [9.17, 15) is 9.59 Å². The third-order valence-electron chi connectivity index (χ3n) is 2.59. The Balaban J connectivity index is 3.08. The molecule has 1 atom stereocenters. The SMILES string of the molecule is C=CCC(NC(=O)c1c(C)nc(C)nc1SC)C(=O)O. The lowest BCUT2D eigenvalue weighted by Gasteiger charge is -2.15. The van der Waals surface area contributed by atoms with Gasteiger partial charge < -0.3 is 10.4 Å². The normalized spacial score (nSPS) is 11.8. The standard InChI is InChI=1S/C13H17N3O3S/c1-5-6-9(13(18)19)16-11(17)10-7(2)14-8(3)15-12(10)20-4/h5,9H,1,6H2,2-4H3,(H,16,17)(H,18,19). The maximum absolute atomic E-state index is 12.2. The molecule has 0 aliphatic rings. The lowest BCUT2D eigenvalue weighted by atomic mass is 10.1. The first-order valence-corrected chi connectivity index (χ1v) is 7.17. The highest BCUT2D eigenvalue weighted by atomic mass is 32.2. The van der Waals surface area contributed by atoms with Gasteiger partial charge in [-0.15, -0.1) is 18.3 Å². The molecule has 0 bridgehead atoms. The Bertz CT molecular complexity index is 546. The lowest BCUT2D eigenvalue weighted by Crippen LogP contribution is -2.41. The summed E-state index contributed by atoms with van der Waals surface area (Å²) >= 11 is 1.32. The number of thioether (sulfide) groups is 1. The number of carboxylic acid groups (broad SMARTS) is 1. The molecule has 0 saturated heterocycles. The third-order valence-corrected chi connectivity index (χ3v) is 3.28. The first-order chi connectivity index (χ1) is 9.40. The quantitative estimate of drug-likeness (QED) is 0.470. The van der Waals surface area contributed by atoms with Crippen molar-refractivity contribution < 1.29 is 14.7 Å². The number of hydrogen-bond acceptors (Lipinski definition) is 5. The number of aliphatic carboxylic acids is 1. The van der Waals surface area contributed by atoms with Crippen molar-refractivity contribution in [2.45, 2.75) is 31.3 Å².